The van der Waals surface area contributed by atoms with Gasteiger partial charge in [0.2, 0.25) is 5.88 Å². The minimum atomic E-state index is -0.270. The fourth-order valence-electron chi connectivity index (χ4n) is 2.98. The Kier molecular flexibility index (Phi) is 5.16. The third-order valence-corrected chi connectivity index (χ3v) is 5.58. The molecule has 1 atom stereocenters. The van der Waals surface area contributed by atoms with Crippen LogP contribution in [0.3, 0.4) is 0 Å². The largest absolute Gasteiger partial charge is 0.481 e. The molecule has 0 radical (unpaired) electrons. The Morgan fingerprint density at radius 3 is 2.83 bits per heavy atom. The number of hydrogen-bond donors (Lipinski definition) is 2. The highest BCUT2D eigenvalue weighted by molar-refractivity contribution is 7.10. The second-order valence-corrected chi connectivity index (χ2v) is 7.12. The van der Waals surface area contributed by atoms with Crippen LogP contribution in [0.2, 0.25) is 0 Å². The van der Waals surface area contributed by atoms with Crippen molar-refractivity contribution < 1.29 is 14.6 Å². The lowest BCUT2D eigenvalue weighted by Crippen LogP contribution is -2.41. The number of carbonyl (C=O) groups is 1. The average molecular weight is 346 g/mol. The molecule has 128 valence electrons. The molecule has 0 aromatic carbocycles. The average Bonchev–Trinajstić information content (AvgIpc) is 3.06. The predicted octanol–water partition coefficient (Wildman–Crippen LogP) is 2.96. The standard InChI is InChI=1S/C18H22N2O3S/c1-3-15-8-13(10-24-15)18(22)20-17(12-6-14(21)7-12)11-4-5-16(23-2)19-9-11/h4-5,8-10,12,14,17,21H,3,6-7H2,1-2H3,(H,20,22). The maximum Gasteiger partial charge on any atom is 0.252 e. The van der Waals surface area contributed by atoms with Crippen molar-refractivity contribution in [3.63, 3.8) is 0 Å². The molecule has 6 heteroatoms. The van der Waals surface area contributed by atoms with E-state index in [1.165, 1.54) is 4.88 Å². The molecule has 0 spiro atoms. The van der Waals surface area contributed by atoms with E-state index in [2.05, 4.69) is 17.2 Å². The van der Waals surface area contributed by atoms with Crippen LogP contribution in [0.4, 0.5) is 0 Å². The molecule has 1 aliphatic rings. The van der Waals surface area contributed by atoms with Crippen molar-refractivity contribution in [2.45, 2.75) is 38.3 Å². The number of nitrogens with zero attached hydrogens (tertiary/aromatic N) is 1. The summed E-state index contributed by atoms with van der Waals surface area (Å²) in [5, 5.41) is 14.7. The molecule has 3 rings (SSSR count). The van der Waals surface area contributed by atoms with Gasteiger partial charge < -0.3 is 15.2 Å². The molecule has 0 aliphatic heterocycles. The summed E-state index contributed by atoms with van der Waals surface area (Å²) < 4.78 is 5.10. The molecule has 2 heterocycles. The van der Waals surface area contributed by atoms with Crippen LogP contribution in [0.25, 0.3) is 0 Å². The van der Waals surface area contributed by atoms with Crippen molar-refractivity contribution in [1.29, 1.82) is 0 Å². The molecule has 2 aromatic heterocycles. The van der Waals surface area contributed by atoms with E-state index in [4.69, 9.17) is 4.74 Å². The zero-order valence-electron chi connectivity index (χ0n) is 13.9. The number of aliphatic hydroxyl groups excluding tert-OH is 1. The van der Waals surface area contributed by atoms with E-state index in [0.29, 0.717) is 24.3 Å². The zero-order chi connectivity index (χ0) is 17.1. The van der Waals surface area contributed by atoms with Gasteiger partial charge in [-0.05, 0) is 36.8 Å². The monoisotopic (exact) mass is 346 g/mol. The molecule has 1 fully saturated rings. The number of ether oxygens (including phenoxy) is 1. The molecule has 1 unspecified atom stereocenters. The fraction of sp³-hybridized carbons (Fsp3) is 0.444. The van der Waals surface area contributed by atoms with Crippen LogP contribution in [0.1, 0.15) is 46.6 Å². The number of carbonyl (C=O) groups excluding carboxylic acids is 1. The lowest BCUT2D eigenvalue weighted by molar-refractivity contribution is 0.0234. The van der Waals surface area contributed by atoms with Crippen LogP contribution in [0, 0.1) is 5.92 Å². The molecule has 1 saturated carbocycles. The second kappa shape index (κ2) is 7.32. The van der Waals surface area contributed by atoms with Crippen molar-refractivity contribution in [3.8, 4) is 5.88 Å². The van der Waals surface area contributed by atoms with Gasteiger partial charge in [0.05, 0.1) is 24.8 Å². The molecule has 1 amide bonds. The Morgan fingerprint density at radius 2 is 2.29 bits per heavy atom. The number of thiophene rings is 1. The van der Waals surface area contributed by atoms with Crippen molar-refractivity contribution in [2.75, 3.05) is 7.11 Å². The summed E-state index contributed by atoms with van der Waals surface area (Å²) in [6.45, 7) is 2.08. The minimum absolute atomic E-state index is 0.0758. The Hall–Kier alpha value is -1.92. The first-order valence-corrected chi connectivity index (χ1v) is 9.05. The third-order valence-electron chi connectivity index (χ3n) is 4.50. The van der Waals surface area contributed by atoms with Gasteiger partial charge in [-0.1, -0.05) is 13.0 Å². The lowest BCUT2D eigenvalue weighted by Gasteiger charge is -2.38. The van der Waals surface area contributed by atoms with Gasteiger partial charge in [-0.25, -0.2) is 4.98 Å². The Labute approximate surface area is 145 Å². The molecule has 0 saturated heterocycles. The maximum atomic E-state index is 12.6. The normalized spacial score (nSPS) is 21.0. The number of aromatic nitrogens is 1. The van der Waals surface area contributed by atoms with Gasteiger partial charge in [-0.3, -0.25) is 4.79 Å². The van der Waals surface area contributed by atoms with Crippen LogP contribution < -0.4 is 10.1 Å². The highest BCUT2D eigenvalue weighted by Crippen LogP contribution is 2.38. The van der Waals surface area contributed by atoms with Crippen molar-refractivity contribution >= 4 is 17.2 Å². The van der Waals surface area contributed by atoms with E-state index in [1.54, 1.807) is 30.7 Å². The van der Waals surface area contributed by atoms with Gasteiger partial charge >= 0.3 is 0 Å². The highest BCUT2D eigenvalue weighted by atomic mass is 32.1. The first-order valence-electron chi connectivity index (χ1n) is 8.17. The van der Waals surface area contributed by atoms with Gasteiger partial charge in [-0.2, -0.15) is 0 Å². The van der Waals surface area contributed by atoms with Gasteiger partial charge in [0, 0.05) is 22.5 Å². The fourth-order valence-corrected chi connectivity index (χ4v) is 3.80. The summed E-state index contributed by atoms with van der Waals surface area (Å²) in [5.74, 6) is 0.694. The number of methoxy groups -OCH3 is 1. The Balaban J connectivity index is 1.77. The van der Waals surface area contributed by atoms with Crippen LogP contribution in [0.15, 0.2) is 29.8 Å². The van der Waals surface area contributed by atoms with Crippen LogP contribution in [-0.2, 0) is 6.42 Å². The van der Waals surface area contributed by atoms with Crippen LogP contribution in [-0.4, -0.2) is 29.2 Å². The van der Waals surface area contributed by atoms with Gasteiger partial charge in [0.1, 0.15) is 0 Å². The molecule has 24 heavy (non-hydrogen) atoms. The number of hydrogen-bond acceptors (Lipinski definition) is 5. The molecule has 1 aliphatic carbocycles. The number of aryl methyl sites for hydroxylation is 1. The summed E-state index contributed by atoms with van der Waals surface area (Å²) >= 11 is 1.60. The van der Waals surface area contributed by atoms with E-state index in [0.717, 1.165) is 12.0 Å². The molecule has 0 bridgehead atoms. The van der Waals surface area contributed by atoms with E-state index >= 15 is 0 Å². The summed E-state index contributed by atoms with van der Waals surface area (Å²) in [5.41, 5.74) is 1.63. The zero-order valence-corrected chi connectivity index (χ0v) is 14.7. The maximum absolute atomic E-state index is 12.6. The molecular weight excluding hydrogens is 324 g/mol. The van der Waals surface area contributed by atoms with Crippen molar-refractivity contribution in [3.05, 3.63) is 45.8 Å². The Bertz CT molecular complexity index is 693. The minimum Gasteiger partial charge on any atom is -0.481 e. The molecule has 5 nitrogen and oxygen atoms in total. The van der Waals surface area contributed by atoms with Gasteiger partial charge in [-0.15, -0.1) is 11.3 Å². The second-order valence-electron chi connectivity index (χ2n) is 6.13. The van der Waals surface area contributed by atoms with Crippen molar-refractivity contribution in [2.24, 2.45) is 5.92 Å². The van der Waals surface area contributed by atoms with E-state index in [-0.39, 0.29) is 24.0 Å². The van der Waals surface area contributed by atoms with Crippen LogP contribution in [0.5, 0.6) is 5.88 Å². The first-order chi connectivity index (χ1) is 11.6. The molecular formula is C18H22N2O3S. The number of nitrogens with one attached hydrogen (secondary N) is 1. The summed E-state index contributed by atoms with van der Waals surface area (Å²) in [6.07, 6.45) is 3.79. The summed E-state index contributed by atoms with van der Waals surface area (Å²) in [4.78, 5) is 18.0. The number of pyridine rings is 1. The van der Waals surface area contributed by atoms with Crippen LogP contribution >= 0.6 is 11.3 Å². The predicted molar refractivity (Wildman–Crippen MR) is 93.4 cm³/mol. The quantitative estimate of drug-likeness (QED) is 0.843. The SMILES string of the molecule is CCc1cc(C(=O)NC(c2ccc(OC)nc2)C2CC(O)C2)cs1. The summed E-state index contributed by atoms with van der Waals surface area (Å²) in [7, 11) is 1.57. The number of aliphatic hydroxyl groups is 1. The Morgan fingerprint density at radius 1 is 1.50 bits per heavy atom. The third kappa shape index (κ3) is 3.60. The van der Waals surface area contributed by atoms with E-state index in [9.17, 15) is 9.90 Å². The molecule has 2 N–H and O–H groups in total. The smallest absolute Gasteiger partial charge is 0.252 e. The lowest BCUT2D eigenvalue weighted by atomic mass is 9.75. The van der Waals surface area contributed by atoms with Crippen molar-refractivity contribution in [1.82, 2.24) is 10.3 Å². The van der Waals surface area contributed by atoms with Gasteiger partial charge in [0.25, 0.3) is 5.91 Å². The van der Waals surface area contributed by atoms with E-state index < -0.39 is 0 Å². The topological polar surface area (TPSA) is 71.5 Å². The number of rotatable bonds is 6. The highest BCUT2D eigenvalue weighted by Gasteiger charge is 2.36. The van der Waals surface area contributed by atoms with Gasteiger partial charge in [0.15, 0.2) is 0 Å². The summed E-state index contributed by atoms with van der Waals surface area (Å²) in [6, 6.07) is 5.51. The first kappa shape index (κ1) is 16.9. The van der Waals surface area contributed by atoms with E-state index in [1.807, 2.05) is 17.5 Å². The number of amides is 1. The molecule has 2 aromatic rings.